The summed E-state index contributed by atoms with van der Waals surface area (Å²) in [6, 6.07) is 9.18. The number of hydrogen-bond donors (Lipinski definition) is 2. The van der Waals surface area contributed by atoms with Gasteiger partial charge in [0.2, 0.25) is 0 Å². The number of guanidine groups is 1. The Bertz CT molecular complexity index is 545. The van der Waals surface area contributed by atoms with Crippen LogP contribution in [0.25, 0.3) is 0 Å². The van der Waals surface area contributed by atoms with Crippen LogP contribution in [0.1, 0.15) is 42.7 Å². The highest BCUT2D eigenvalue weighted by molar-refractivity contribution is 14.0. The fourth-order valence-corrected chi connectivity index (χ4v) is 2.99. The number of nitrogens with zero attached hydrogens (tertiary/aromatic N) is 1. The van der Waals surface area contributed by atoms with Crippen LogP contribution in [0.5, 0.6) is 0 Å². The van der Waals surface area contributed by atoms with Crippen molar-refractivity contribution in [3.63, 3.8) is 0 Å². The molecule has 2 unspecified atom stereocenters. The van der Waals surface area contributed by atoms with Crippen molar-refractivity contribution in [1.82, 2.24) is 10.6 Å². The lowest BCUT2D eigenvalue weighted by atomic mass is 10.0. The van der Waals surface area contributed by atoms with Crippen molar-refractivity contribution in [1.29, 1.82) is 0 Å². The predicted octanol–water partition coefficient (Wildman–Crippen LogP) is 3.45. The second kappa shape index (κ2) is 9.61. The van der Waals surface area contributed by atoms with Crippen molar-refractivity contribution in [3.05, 3.63) is 35.4 Å². The van der Waals surface area contributed by atoms with E-state index in [2.05, 4.69) is 46.8 Å². The number of aryl methyl sites for hydroxylation is 1. The summed E-state index contributed by atoms with van der Waals surface area (Å²) in [4.78, 5) is 4.33. The average Bonchev–Trinajstić information content (AvgIpc) is 3.46. The van der Waals surface area contributed by atoms with E-state index in [0.717, 1.165) is 38.1 Å². The number of benzene rings is 1. The fraction of sp³-hybridized carbons (Fsp3) is 0.632. The molecule has 134 valence electrons. The maximum atomic E-state index is 5.65. The Morgan fingerprint density at radius 2 is 2.08 bits per heavy atom. The van der Waals surface area contributed by atoms with Crippen molar-refractivity contribution in [2.75, 3.05) is 26.8 Å². The first-order chi connectivity index (χ1) is 11.3. The van der Waals surface area contributed by atoms with Crippen LogP contribution in [0, 0.1) is 12.8 Å². The Morgan fingerprint density at radius 1 is 1.29 bits per heavy atom. The van der Waals surface area contributed by atoms with Crippen LogP contribution in [0.2, 0.25) is 0 Å². The van der Waals surface area contributed by atoms with Gasteiger partial charge in [-0.05, 0) is 49.7 Å². The van der Waals surface area contributed by atoms with Gasteiger partial charge in [-0.2, -0.15) is 0 Å². The predicted molar refractivity (Wildman–Crippen MR) is 110 cm³/mol. The molecule has 2 N–H and O–H groups in total. The molecule has 2 aliphatic carbocycles. The minimum Gasteiger partial charge on any atom is -0.381 e. The van der Waals surface area contributed by atoms with Gasteiger partial charge in [0.05, 0.1) is 0 Å². The van der Waals surface area contributed by atoms with Crippen molar-refractivity contribution in [2.45, 2.75) is 44.6 Å². The Morgan fingerprint density at radius 3 is 2.79 bits per heavy atom. The molecule has 0 spiro atoms. The van der Waals surface area contributed by atoms with E-state index in [9.17, 15) is 0 Å². The molecular formula is C19H30IN3O. The maximum Gasteiger partial charge on any atom is 0.191 e. The van der Waals surface area contributed by atoms with Crippen LogP contribution < -0.4 is 10.6 Å². The summed E-state index contributed by atoms with van der Waals surface area (Å²) in [5, 5.41) is 6.92. The number of rotatable bonds is 8. The summed E-state index contributed by atoms with van der Waals surface area (Å²) in [6.07, 6.45) is 4.94. The topological polar surface area (TPSA) is 45.7 Å². The number of ether oxygens (including phenoxy) is 1. The molecule has 2 atom stereocenters. The first-order valence-electron chi connectivity index (χ1n) is 8.88. The lowest BCUT2D eigenvalue weighted by Crippen LogP contribution is -2.39. The normalized spacial score (nSPS) is 22.7. The monoisotopic (exact) mass is 443 g/mol. The number of nitrogens with one attached hydrogen (secondary N) is 2. The largest absolute Gasteiger partial charge is 0.381 e. The zero-order valence-corrected chi connectivity index (χ0v) is 17.1. The van der Waals surface area contributed by atoms with Crippen LogP contribution in [0.15, 0.2) is 29.3 Å². The highest BCUT2D eigenvalue weighted by atomic mass is 127. The molecule has 2 fully saturated rings. The number of hydrogen-bond acceptors (Lipinski definition) is 2. The van der Waals surface area contributed by atoms with Crippen molar-refractivity contribution in [2.24, 2.45) is 10.9 Å². The fourth-order valence-electron chi connectivity index (χ4n) is 2.99. The Balaban J connectivity index is 0.00000208. The highest BCUT2D eigenvalue weighted by Crippen LogP contribution is 2.41. The Kier molecular flexibility index (Phi) is 7.81. The molecule has 3 rings (SSSR count). The Hall–Kier alpha value is -0.820. The van der Waals surface area contributed by atoms with Crippen LogP contribution in [-0.4, -0.2) is 38.8 Å². The summed E-state index contributed by atoms with van der Waals surface area (Å²) < 4.78 is 5.65. The lowest BCUT2D eigenvalue weighted by molar-refractivity contribution is 0.123. The minimum atomic E-state index is 0. The molecule has 2 saturated carbocycles. The quantitative estimate of drug-likeness (QED) is 0.280. The molecule has 1 aromatic carbocycles. The summed E-state index contributed by atoms with van der Waals surface area (Å²) in [5.41, 5.74) is 2.85. The van der Waals surface area contributed by atoms with E-state index in [4.69, 9.17) is 4.74 Å². The average molecular weight is 443 g/mol. The summed E-state index contributed by atoms with van der Waals surface area (Å²) >= 11 is 0. The third-order valence-electron chi connectivity index (χ3n) is 4.73. The molecule has 0 heterocycles. The van der Waals surface area contributed by atoms with Gasteiger partial charge >= 0.3 is 0 Å². The lowest BCUT2D eigenvalue weighted by Gasteiger charge is -2.12. The first-order valence-corrected chi connectivity index (χ1v) is 8.88. The van der Waals surface area contributed by atoms with E-state index in [-0.39, 0.29) is 24.0 Å². The van der Waals surface area contributed by atoms with Crippen molar-refractivity contribution in [3.8, 4) is 0 Å². The van der Waals surface area contributed by atoms with E-state index in [0.29, 0.717) is 12.0 Å². The second-order valence-electron chi connectivity index (χ2n) is 6.82. The molecule has 2 aliphatic rings. The summed E-state index contributed by atoms with van der Waals surface area (Å²) in [6.45, 7) is 4.90. The van der Waals surface area contributed by atoms with Gasteiger partial charge in [-0.1, -0.05) is 24.3 Å². The minimum absolute atomic E-state index is 0. The van der Waals surface area contributed by atoms with Gasteiger partial charge in [0, 0.05) is 38.8 Å². The number of aliphatic imine (C=N–C) groups is 1. The number of halogens is 1. The first kappa shape index (κ1) is 19.5. The molecule has 24 heavy (non-hydrogen) atoms. The Labute approximate surface area is 162 Å². The highest BCUT2D eigenvalue weighted by Gasteiger charge is 2.39. The van der Waals surface area contributed by atoms with E-state index in [1.54, 1.807) is 0 Å². The van der Waals surface area contributed by atoms with Crippen molar-refractivity contribution < 1.29 is 4.74 Å². The van der Waals surface area contributed by atoms with Gasteiger partial charge in [0.1, 0.15) is 0 Å². The van der Waals surface area contributed by atoms with Gasteiger partial charge in [0.25, 0.3) is 0 Å². The molecule has 0 saturated heterocycles. The van der Waals surface area contributed by atoms with E-state index >= 15 is 0 Å². The standard InChI is InChI=1S/C19H29N3O.HI/c1-14-6-3-4-7-16(14)17-12-18(17)22-19(20-2)21-10-5-11-23-13-15-8-9-15;/h3-4,6-7,15,17-18H,5,8-13H2,1-2H3,(H2,20,21,22);1H. The van der Waals surface area contributed by atoms with Crippen molar-refractivity contribution >= 4 is 29.9 Å². The van der Waals surface area contributed by atoms with Gasteiger partial charge in [-0.25, -0.2) is 0 Å². The third kappa shape index (κ3) is 5.92. The van der Waals surface area contributed by atoms with Gasteiger partial charge in [-0.3, -0.25) is 4.99 Å². The molecule has 1 aromatic rings. The van der Waals surface area contributed by atoms with E-state index in [1.165, 1.54) is 30.4 Å². The smallest absolute Gasteiger partial charge is 0.191 e. The zero-order chi connectivity index (χ0) is 16.1. The van der Waals surface area contributed by atoms with Gasteiger partial charge in [0.15, 0.2) is 5.96 Å². The molecule has 0 aliphatic heterocycles. The summed E-state index contributed by atoms with van der Waals surface area (Å²) in [5.74, 6) is 2.38. The molecule has 0 radical (unpaired) electrons. The zero-order valence-electron chi connectivity index (χ0n) is 14.8. The third-order valence-corrected chi connectivity index (χ3v) is 4.73. The maximum absolute atomic E-state index is 5.65. The van der Waals surface area contributed by atoms with Crippen LogP contribution >= 0.6 is 24.0 Å². The molecule has 4 nitrogen and oxygen atoms in total. The molecule has 5 heteroatoms. The molecule has 0 aromatic heterocycles. The SMILES string of the molecule is CN=C(NCCCOCC1CC1)NC1CC1c1ccccc1C.I. The van der Waals surface area contributed by atoms with Crippen LogP contribution in [0.4, 0.5) is 0 Å². The van der Waals surface area contributed by atoms with Crippen LogP contribution in [0.3, 0.4) is 0 Å². The van der Waals surface area contributed by atoms with Gasteiger partial charge in [-0.15, -0.1) is 24.0 Å². The van der Waals surface area contributed by atoms with Gasteiger partial charge < -0.3 is 15.4 Å². The molecule has 0 amide bonds. The molecular weight excluding hydrogens is 413 g/mol. The molecule has 0 bridgehead atoms. The van der Waals surface area contributed by atoms with E-state index in [1.807, 2.05) is 7.05 Å². The van der Waals surface area contributed by atoms with E-state index < -0.39 is 0 Å². The second-order valence-corrected chi connectivity index (χ2v) is 6.82. The van der Waals surface area contributed by atoms with Crippen LogP contribution in [-0.2, 0) is 4.74 Å². The summed E-state index contributed by atoms with van der Waals surface area (Å²) in [7, 11) is 1.84.